The zero-order valence-corrected chi connectivity index (χ0v) is 18.3. The molecule has 2 aliphatic rings. The Morgan fingerprint density at radius 1 is 1.00 bits per heavy atom. The highest BCUT2D eigenvalue weighted by Crippen LogP contribution is 2.34. The summed E-state index contributed by atoms with van der Waals surface area (Å²) in [6.07, 6.45) is 5.38. The van der Waals surface area contributed by atoms with E-state index in [0.29, 0.717) is 24.2 Å². The zero-order chi connectivity index (χ0) is 22.6. The van der Waals surface area contributed by atoms with Crippen molar-refractivity contribution in [3.8, 4) is 11.8 Å². The van der Waals surface area contributed by atoms with E-state index >= 15 is 0 Å². The Morgan fingerprint density at radius 3 is 2.52 bits per heavy atom. The first-order chi connectivity index (χ1) is 16.2. The summed E-state index contributed by atoms with van der Waals surface area (Å²) < 4.78 is 34.6. The zero-order valence-electron chi connectivity index (χ0n) is 18.3. The monoisotopic (exact) mass is 451 g/mol. The van der Waals surface area contributed by atoms with Crippen molar-refractivity contribution in [3.05, 3.63) is 83.7 Å². The number of hydrogen-bond acceptors (Lipinski definition) is 6. The highest BCUT2D eigenvalue weighted by molar-refractivity contribution is 5.29. The molecule has 33 heavy (non-hydrogen) atoms. The van der Waals surface area contributed by atoms with Crippen molar-refractivity contribution in [2.45, 2.75) is 31.3 Å². The van der Waals surface area contributed by atoms with Crippen molar-refractivity contribution < 1.29 is 13.5 Å². The summed E-state index contributed by atoms with van der Waals surface area (Å²) in [6.45, 7) is 3.22. The number of hydrazine groups is 1. The van der Waals surface area contributed by atoms with E-state index in [2.05, 4.69) is 37.9 Å². The number of rotatable bonds is 6. The number of halogens is 2. The summed E-state index contributed by atoms with van der Waals surface area (Å²) in [5.41, 5.74) is 7.82. The predicted molar refractivity (Wildman–Crippen MR) is 121 cm³/mol. The molecule has 0 amide bonds. The number of aromatic nitrogens is 2. The maximum atomic E-state index is 14.5. The molecule has 2 aliphatic heterocycles. The summed E-state index contributed by atoms with van der Waals surface area (Å²) in [5, 5.41) is 0. The lowest BCUT2D eigenvalue weighted by molar-refractivity contribution is 0.139. The van der Waals surface area contributed by atoms with Gasteiger partial charge in [-0.1, -0.05) is 18.2 Å². The SMILES string of the molecule is Fc1cccc(F)c1C1CNNC1C1CCCN(Cc2ccc(Oc3ncccn3)cc2)C1. The summed E-state index contributed by atoms with van der Waals surface area (Å²) in [6, 6.07) is 14.1. The van der Waals surface area contributed by atoms with Gasteiger partial charge in [-0.05, 0) is 61.2 Å². The number of likely N-dealkylation sites (tertiary alicyclic amines) is 1. The lowest BCUT2D eigenvalue weighted by Crippen LogP contribution is -2.46. The van der Waals surface area contributed by atoms with Crippen LogP contribution in [0.5, 0.6) is 11.8 Å². The standard InChI is InChI=1S/C25H27F2N5O/c26-21-5-1-6-22(27)23(21)20-14-30-31-24(20)18-4-2-13-32(16-18)15-17-7-9-19(10-8-17)33-25-28-11-3-12-29-25/h1,3,5-12,18,20,24,30-31H,2,4,13-16H2. The fraction of sp³-hybridized carbons (Fsp3) is 0.360. The van der Waals surface area contributed by atoms with Crippen LogP contribution in [-0.2, 0) is 6.54 Å². The minimum absolute atomic E-state index is 0.0131. The molecule has 0 radical (unpaired) electrons. The molecule has 5 rings (SSSR count). The fourth-order valence-corrected chi connectivity index (χ4v) is 5.00. The molecule has 2 aromatic carbocycles. The number of nitrogens with zero attached hydrogens (tertiary/aromatic N) is 3. The molecule has 8 heteroatoms. The Morgan fingerprint density at radius 2 is 1.76 bits per heavy atom. The van der Waals surface area contributed by atoms with Gasteiger partial charge >= 0.3 is 6.01 Å². The molecule has 2 N–H and O–H groups in total. The van der Waals surface area contributed by atoms with Crippen LogP contribution in [0.25, 0.3) is 0 Å². The quantitative estimate of drug-likeness (QED) is 0.590. The molecule has 3 aromatic rings. The van der Waals surface area contributed by atoms with E-state index in [4.69, 9.17) is 4.74 Å². The van der Waals surface area contributed by atoms with E-state index in [1.165, 1.54) is 23.8 Å². The minimum atomic E-state index is -0.466. The predicted octanol–water partition coefficient (Wildman–Crippen LogP) is 4.02. The smallest absolute Gasteiger partial charge is 0.321 e. The molecular formula is C25H27F2N5O. The molecule has 3 atom stereocenters. The highest BCUT2D eigenvalue weighted by Gasteiger charge is 2.39. The molecule has 2 fully saturated rings. The van der Waals surface area contributed by atoms with Crippen molar-refractivity contribution in [2.75, 3.05) is 19.6 Å². The third-order valence-corrected chi connectivity index (χ3v) is 6.53. The Bertz CT molecular complexity index is 1050. The molecule has 2 saturated heterocycles. The van der Waals surface area contributed by atoms with E-state index in [0.717, 1.165) is 32.5 Å². The molecule has 172 valence electrons. The largest absolute Gasteiger partial charge is 0.424 e. The lowest BCUT2D eigenvalue weighted by Gasteiger charge is -2.37. The van der Waals surface area contributed by atoms with Gasteiger partial charge in [0.1, 0.15) is 17.4 Å². The second-order valence-electron chi connectivity index (χ2n) is 8.71. The number of hydrogen-bond donors (Lipinski definition) is 2. The van der Waals surface area contributed by atoms with Gasteiger partial charge in [-0.15, -0.1) is 0 Å². The number of nitrogens with one attached hydrogen (secondary N) is 2. The maximum absolute atomic E-state index is 14.5. The maximum Gasteiger partial charge on any atom is 0.321 e. The van der Waals surface area contributed by atoms with Crippen LogP contribution in [0.1, 0.15) is 29.9 Å². The summed E-state index contributed by atoms with van der Waals surface area (Å²) >= 11 is 0. The van der Waals surface area contributed by atoms with E-state index in [1.807, 2.05) is 12.1 Å². The van der Waals surface area contributed by atoms with Crippen molar-refractivity contribution in [2.24, 2.45) is 5.92 Å². The second-order valence-corrected chi connectivity index (χ2v) is 8.71. The van der Waals surface area contributed by atoms with Gasteiger partial charge in [-0.3, -0.25) is 15.8 Å². The van der Waals surface area contributed by atoms with Gasteiger partial charge in [-0.25, -0.2) is 18.7 Å². The first-order valence-electron chi connectivity index (χ1n) is 11.4. The van der Waals surface area contributed by atoms with Crippen LogP contribution >= 0.6 is 0 Å². The van der Waals surface area contributed by atoms with Crippen LogP contribution in [0.2, 0.25) is 0 Å². The van der Waals surface area contributed by atoms with Gasteiger partial charge in [0.25, 0.3) is 0 Å². The number of piperidine rings is 1. The Hall–Kier alpha value is -2.94. The van der Waals surface area contributed by atoms with Crippen LogP contribution in [0.15, 0.2) is 60.9 Å². The molecule has 0 spiro atoms. The van der Waals surface area contributed by atoms with E-state index in [1.54, 1.807) is 18.5 Å². The third-order valence-electron chi connectivity index (χ3n) is 6.53. The van der Waals surface area contributed by atoms with Gasteiger partial charge in [0.2, 0.25) is 0 Å². The first kappa shape index (κ1) is 21.9. The molecule has 3 unspecified atom stereocenters. The molecular weight excluding hydrogens is 424 g/mol. The van der Waals surface area contributed by atoms with Crippen molar-refractivity contribution in [1.82, 2.24) is 25.7 Å². The average molecular weight is 452 g/mol. The normalized spacial score (nSPS) is 23.5. The average Bonchev–Trinajstić information content (AvgIpc) is 3.31. The van der Waals surface area contributed by atoms with Crippen LogP contribution in [-0.4, -0.2) is 40.5 Å². The summed E-state index contributed by atoms with van der Waals surface area (Å²) in [5.74, 6) is -0.168. The Labute approximate surface area is 192 Å². The van der Waals surface area contributed by atoms with Crippen molar-refractivity contribution in [3.63, 3.8) is 0 Å². The lowest BCUT2D eigenvalue weighted by atomic mass is 9.80. The molecule has 1 aromatic heterocycles. The van der Waals surface area contributed by atoms with Gasteiger partial charge < -0.3 is 4.74 Å². The summed E-state index contributed by atoms with van der Waals surface area (Å²) in [7, 11) is 0. The molecule has 6 nitrogen and oxygen atoms in total. The van der Waals surface area contributed by atoms with E-state index in [-0.39, 0.29) is 17.5 Å². The Balaban J connectivity index is 1.23. The van der Waals surface area contributed by atoms with E-state index in [9.17, 15) is 8.78 Å². The van der Waals surface area contributed by atoms with Crippen molar-refractivity contribution >= 4 is 0 Å². The minimum Gasteiger partial charge on any atom is -0.424 e. The highest BCUT2D eigenvalue weighted by atomic mass is 19.1. The third kappa shape index (κ3) is 5.03. The van der Waals surface area contributed by atoms with Crippen LogP contribution in [0.4, 0.5) is 8.78 Å². The first-order valence-corrected chi connectivity index (χ1v) is 11.4. The molecule has 0 bridgehead atoms. The van der Waals surface area contributed by atoms with E-state index < -0.39 is 11.6 Å². The fourth-order valence-electron chi connectivity index (χ4n) is 5.00. The Kier molecular flexibility index (Phi) is 6.57. The number of benzene rings is 2. The van der Waals surface area contributed by atoms with Gasteiger partial charge in [0.15, 0.2) is 0 Å². The van der Waals surface area contributed by atoms with Crippen LogP contribution < -0.4 is 15.6 Å². The topological polar surface area (TPSA) is 62.3 Å². The van der Waals surface area contributed by atoms with Gasteiger partial charge in [-0.2, -0.15) is 0 Å². The van der Waals surface area contributed by atoms with Gasteiger partial charge in [0, 0.05) is 49.6 Å². The van der Waals surface area contributed by atoms with Crippen LogP contribution in [0.3, 0.4) is 0 Å². The molecule has 0 aliphatic carbocycles. The number of ether oxygens (including phenoxy) is 1. The van der Waals surface area contributed by atoms with Crippen LogP contribution in [0, 0.1) is 17.6 Å². The van der Waals surface area contributed by atoms with Crippen molar-refractivity contribution in [1.29, 1.82) is 0 Å². The van der Waals surface area contributed by atoms with Gasteiger partial charge in [0.05, 0.1) is 0 Å². The second kappa shape index (κ2) is 9.91. The molecule has 3 heterocycles. The molecule has 0 saturated carbocycles. The summed E-state index contributed by atoms with van der Waals surface area (Å²) in [4.78, 5) is 10.6.